The molecule has 0 spiro atoms. The fourth-order valence-corrected chi connectivity index (χ4v) is 3.86. The van der Waals surface area contributed by atoms with Crippen molar-refractivity contribution in [3.63, 3.8) is 0 Å². The smallest absolute Gasteiger partial charge is 0.267 e. The van der Waals surface area contributed by atoms with Crippen LogP contribution in [-0.2, 0) is 10.0 Å². The zero-order valence-corrected chi connectivity index (χ0v) is 16.1. The summed E-state index contributed by atoms with van der Waals surface area (Å²) < 4.78 is 26.0. The third-order valence-electron chi connectivity index (χ3n) is 3.78. The van der Waals surface area contributed by atoms with Crippen molar-refractivity contribution in [1.29, 1.82) is 0 Å². The highest BCUT2D eigenvalue weighted by Crippen LogP contribution is 2.19. The summed E-state index contributed by atoms with van der Waals surface area (Å²) in [5.74, 6) is -1.03. The maximum absolute atomic E-state index is 12.2. The van der Waals surface area contributed by atoms with Gasteiger partial charge in [-0.15, -0.1) is 11.3 Å². The Bertz CT molecular complexity index is 1110. The number of hydrogen-bond donors (Lipinski definition) is 2. The van der Waals surface area contributed by atoms with Crippen molar-refractivity contribution >= 4 is 43.4 Å². The van der Waals surface area contributed by atoms with Crippen molar-refractivity contribution in [3.05, 3.63) is 59.1 Å². The van der Waals surface area contributed by atoms with Crippen LogP contribution in [0, 0.1) is 0 Å². The molecule has 0 saturated carbocycles. The molecule has 0 aliphatic rings. The molecular formula is C17H16N4O4S2. The van der Waals surface area contributed by atoms with E-state index in [0.717, 1.165) is 14.5 Å². The Hall–Kier alpha value is -2.82. The second-order valence-corrected chi connectivity index (χ2v) is 8.79. The summed E-state index contributed by atoms with van der Waals surface area (Å²) in [5.41, 5.74) is 7.74. The minimum atomic E-state index is -3.57. The molecule has 0 aliphatic heterocycles. The van der Waals surface area contributed by atoms with Crippen LogP contribution in [0.3, 0.4) is 0 Å². The summed E-state index contributed by atoms with van der Waals surface area (Å²) in [6.45, 7) is 0. The van der Waals surface area contributed by atoms with Crippen molar-refractivity contribution in [2.24, 2.45) is 0 Å². The van der Waals surface area contributed by atoms with Gasteiger partial charge in [0.2, 0.25) is 10.0 Å². The molecule has 0 unspecified atom stereocenters. The topological polar surface area (TPSA) is 108 Å². The molecular weight excluding hydrogens is 388 g/mol. The molecule has 2 amide bonds. The fourth-order valence-electron chi connectivity index (χ4n) is 2.24. The van der Waals surface area contributed by atoms with Crippen LogP contribution in [0.5, 0.6) is 0 Å². The number of hydrazine groups is 1. The Labute approximate surface area is 159 Å². The Balaban J connectivity index is 1.65. The summed E-state index contributed by atoms with van der Waals surface area (Å²) in [7, 11) is -0.715. The van der Waals surface area contributed by atoms with Crippen LogP contribution in [0.1, 0.15) is 20.7 Å². The van der Waals surface area contributed by atoms with Gasteiger partial charge in [0.05, 0.1) is 20.6 Å². The summed E-state index contributed by atoms with van der Waals surface area (Å²) >= 11 is 1.41. The van der Waals surface area contributed by atoms with Crippen LogP contribution >= 0.6 is 11.3 Å². The van der Waals surface area contributed by atoms with Gasteiger partial charge in [0.15, 0.2) is 0 Å². The fraction of sp³-hybridized carbons (Fsp3) is 0.118. The summed E-state index contributed by atoms with van der Waals surface area (Å²) in [6.07, 6.45) is 0. The average Bonchev–Trinajstić information content (AvgIpc) is 3.13. The Morgan fingerprint density at radius 2 is 1.56 bits per heavy atom. The van der Waals surface area contributed by atoms with Crippen molar-refractivity contribution in [2.45, 2.75) is 4.90 Å². The Morgan fingerprint density at radius 3 is 2.19 bits per heavy atom. The summed E-state index contributed by atoms with van der Waals surface area (Å²) in [4.78, 5) is 28.5. The van der Waals surface area contributed by atoms with Crippen molar-refractivity contribution in [1.82, 2.24) is 20.1 Å². The Morgan fingerprint density at radius 1 is 0.963 bits per heavy atom. The second-order valence-electron chi connectivity index (χ2n) is 5.75. The first-order valence-corrected chi connectivity index (χ1v) is 10.1. The zero-order chi connectivity index (χ0) is 19.6. The monoisotopic (exact) mass is 404 g/mol. The molecule has 10 heteroatoms. The molecule has 140 valence electrons. The van der Waals surface area contributed by atoms with E-state index >= 15 is 0 Å². The second kappa shape index (κ2) is 7.43. The molecule has 0 fully saturated rings. The number of carbonyl (C=O) groups is 2. The van der Waals surface area contributed by atoms with Gasteiger partial charge >= 0.3 is 0 Å². The maximum atomic E-state index is 12.2. The predicted molar refractivity (Wildman–Crippen MR) is 102 cm³/mol. The number of aromatic nitrogens is 1. The lowest BCUT2D eigenvalue weighted by molar-refractivity contribution is 0.0847. The maximum Gasteiger partial charge on any atom is 0.269 e. The number of benzene rings is 2. The highest BCUT2D eigenvalue weighted by atomic mass is 32.2. The van der Waals surface area contributed by atoms with Gasteiger partial charge < -0.3 is 0 Å². The molecule has 8 nitrogen and oxygen atoms in total. The first-order valence-electron chi connectivity index (χ1n) is 7.75. The number of rotatable bonds is 4. The SMILES string of the molecule is CN(C)S(=O)(=O)c1ccc(C(=O)NNC(=O)c2ccc3ncsc3c2)cc1. The number of carbonyl (C=O) groups excluding carboxylic acids is 2. The minimum Gasteiger partial charge on any atom is -0.267 e. The molecule has 0 saturated heterocycles. The number of hydrogen-bond acceptors (Lipinski definition) is 6. The van der Waals surface area contributed by atoms with E-state index in [1.165, 1.54) is 49.7 Å². The van der Waals surface area contributed by atoms with E-state index in [1.54, 1.807) is 23.7 Å². The van der Waals surface area contributed by atoms with E-state index in [1.807, 2.05) is 0 Å². The van der Waals surface area contributed by atoms with E-state index in [4.69, 9.17) is 0 Å². The number of amides is 2. The van der Waals surface area contributed by atoms with Crippen molar-refractivity contribution in [3.8, 4) is 0 Å². The third-order valence-corrected chi connectivity index (χ3v) is 6.40. The lowest BCUT2D eigenvalue weighted by atomic mass is 10.2. The molecule has 3 rings (SSSR count). The first kappa shape index (κ1) is 19.0. The minimum absolute atomic E-state index is 0.0749. The molecule has 3 aromatic rings. The number of fused-ring (bicyclic) bond motifs is 1. The number of sulfonamides is 1. The third kappa shape index (κ3) is 3.97. The van der Waals surface area contributed by atoms with E-state index in [9.17, 15) is 18.0 Å². The summed E-state index contributed by atoms with van der Waals surface area (Å²) in [6, 6.07) is 10.5. The molecule has 0 atom stereocenters. The number of nitrogens with one attached hydrogen (secondary N) is 2. The van der Waals surface area contributed by atoms with Gasteiger partial charge in [0, 0.05) is 25.2 Å². The molecule has 0 radical (unpaired) electrons. The molecule has 27 heavy (non-hydrogen) atoms. The van der Waals surface area contributed by atoms with Crippen LogP contribution in [0.15, 0.2) is 52.9 Å². The van der Waals surface area contributed by atoms with Crippen LogP contribution in [0.25, 0.3) is 10.2 Å². The highest BCUT2D eigenvalue weighted by molar-refractivity contribution is 7.89. The highest BCUT2D eigenvalue weighted by Gasteiger charge is 2.17. The van der Waals surface area contributed by atoms with Gasteiger partial charge in [-0.05, 0) is 42.5 Å². The molecule has 2 aromatic carbocycles. The van der Waals surface area contributed by atoms with Crippen LogP contribution in [-0.4, -0.2) is 43.6 Å². The quantitative estimate of drug-likeness (QED) is 0.643. The van der Waals surface area contributed by atoms with Gasteiger partial charge in [0.25, 0.3) is 11.8 Å². The van der Waals surface area contributed by atoms with E-state index in [-0.39, 0.29) is 10.5 Å². The largest absolute Gasteiger partial charge is 0.269 e. The first-order chi connectivity index (χ1) is 12.8. The summed E-state index contributed by atoms with van der Waals surface area (Å²) in [5, 5.41) is 0. The van der Waals surface area contributed by atoms with E-state index < -0.39 is 21.8 Å². The molecule has 0 aliphatic carbocycles. The Kier molecular flexibility index (Phi) is 5.22. The predicted octanol–water partition coefficient (Wildman–Crippen LogP) is 1.62. The van der Waals surface area contributed by atoms with Crippen molar-refractivity contribution in [2.75, 3.05) is 14.1 Å². The van der Waals surface area contributed by atoms with Crippen molar-refractivity contribution < 1.29 is 18.0 Å². The molecule has 0 bridgehead atoms. The van der Waals surface area contributed by atoms with Gasteiger partial charge in [-0.25, -0.2) is 17.7 Å². The normalized spacial score (nSPS) is 11.5. The molecule has 1 aromatic heterocycles. The standard InChI is InChI=1S/C17H16N4O4S2/c1-21(2)27(24,25)13-6-3-11(4-7-13)16(22)19-20-17(23)12-5-8-14-15(9-12)26-10-18-14/h3-10H,1-2H3,(H,19,22)(H,20,23). The number of thiazole rings is 1. The lowest BCUT2D eigenvalue weighted by Crippen LogP contribution is -2.41. The molecule has 1 heterocycles. The van der Waals surface area contributed by atoms with E-state index in [2.05, 4.69) is 15.8 Å². The molecule has 2 N–H and O–H groups in total. The van der Waals surface area contributed by atoms with Gasteiger partial charge in [-0.2, -0.15) is 0 Å². The average molecular weight is 404 g/mol. The van der Waals surface area contributed by atoms with Gasteiger partial charge in [-0.3, -0.25) is 20.4 Å². The van der Waals surface area contributed by atoms with Gasteiger partial charge in [0.1, 0.15) is 0 Å². The van der Waals surface area contributed by atoms with Crippen LogP contribution in [0.4, 0.5) is 0 Å². The van der Waals surface area contributed by atoms with E-state index in [0.29, 0.717) is 5.56 Å². The van der Waals surface area contributed by atoms with Crippen LogP contribution < -0.4 is 10.9 Å². The zero-order valence-electron chi connectivity index (χ0n) is 14.5. The van der Waals surface area contributed by atoms with Gasteiger partial charge in [-0.1, -0.05) is 0 Å². The number of nitrogens with zero attached hydrogens (tertiary/aromatic N) is 2. The van der Waals surface area contributed by atoms with Crippen LogP contribution in [0.2, 0.25) is 0 Å². The lowest BCUT2D eigenvalue weighted by Gasteiger charge is -2.12.